The Morgan fingerprint density at radius 1 is 0.481 bits per heavy atom. The number of benzene rings is 3. The van der Waals surface area contributed by atoms with Crippen molar-refractivity contribution in [2.24, 2.45) is 7.05 Å². The van der Waals surface area contributed by atoms with Crippen LogP contribution in [0.1, 0.15) is 47.1 Å². The third-order valence-electron chi connectivity index (χ3n) is 3.76. The normalized spacial score (nSPS) is 8.74. The van der Waals surface area contributed by atoms with Gasteiger partial charge in [-0.3, -0.25) is 0 Å². The molecule has 0 fully saturated rings. The predicted octanol–water partition coefficient (Wildman–Crippen LogP) is 8.41. The molecular weight excluding hydrogens is 326 g/mol. The second kappa shape index (κ2) is 14.6. The van der Waals surface area contributed by atoms with E-state index in [9.17, 15) is 0 Å². The van der Waals surface area contributed by atoms with Crippen LogP contribution in [0.2, 0.25) is 0 Å². The molecule has 0 saturated heterocycles. The summed E-state index contributed by atoms with van der Waals surface area (Å²) in [7, 11) is 2.12. The molecule has 0 aliphatic rings. The standard InChI is InChI=1S/C13H11N.C7H8.3C2H6/c1-14-12-8-4-2-6-10(12)11-7-3-5-9-13(11)14;1-7-5-3-2-4-6-7;3*1-2/h2-9H,1H3;2-6H,1H3;3*1-2H3. The molecule has 4 rings (SSSR count). The molecule has 1 nitrogen and oxygen atoms in total. The van der Waals surface area contributed by atoms with Crippen LogP contribution in [0.15, 0.2) is 78.9 Å². The van der Waals surface area contributed by atoms with Crippen molar-refractivity contribution >= 4 is 21.8 Å². The summed E-state index contributed by atoms with van der Waals surface area (Å²) >= 11 is 0. The zero-order chi connectivity index (χ0) is 20.7. The van der Waals surface area contributed by atoms with Gasteiger partial charge in [-0.15, -0.1) is 0 Å². The third-order valence-corrected chi connectivity index (χ3v) is 3.76. The molecule has 0 spiro atoms. The van der Waals surface area contributed by atoms with Gasteiger partial charge in [-0.05, 0) is 19.1 Å². The quantitative estimate of drug-likeness (QED) is 0.295. The Balaban J connectivity index is 0.000000442. The molecule has 0 unspecified atom stereocenters. The molecule has 0 amide bonds. The first kappa shape index (κ1) is 24.5. The lowest BCUT2D eigenvalue weighted by atomic mass is 10.2. The van der Waals surface area contributed by atoms with Gasteiger partial charge < -0.3 is 4.57 Å². The molecule has 1 heterocycles. The number of aromatic nitrogens is 1. The van der Waals surface area contributed by atoms with Gasteiger partial charge >= 0.3 is 0 Å². The summed E-state index contributed by atoms with van der Waals surface area (Å²) in [6, 6.07) is 27.3. The maximum absolute atomic E-state index is 2.24. The first-order valence-corrected chi connectivity index (χ1v) is 10.2. The Morgan fingerprint density at radius 3 is 1.15 bits per heavy atom. The van der Waals surface area contributed by atoms with Crippen molar-refractivity contribution in [3.8, 4) is 0 Å². The van der Waals surface area contributed by atoms with Crippen molar-refractivity contribution in [3.05, 3.63) is 84.4 Å². The van der Waals surface area contributed by atoms with E-state index in [-0.39, 0.29) is 0 Å². The van der Waals surface area contributed by atoms with Gasteiger partial charge in [-0.1, -0.05) is 114 Å². The summed E-state index contributed by atoms with van der Waals surface area (Å²) in [4.78, 5) is 0. The summed E-state index contributed by atoms with van der Waals surface area (Å²) in [6.45, 7) is 14.1. The van der Waals surface area contributed by atoms with Crippen molar-refractivity contribution in [2.75, 3.05) is 0 Å². The maximum Gasteiger partial charge on any atom is 0.0488 e. The lowest BCUT2D eigenvalue weighted by Crippen LogP contribution is -1.84. The molecule has 3 aromatic carbocycles. The van der Waals surface area contributed by atoms with E-state index in [1.54, 1.807) is 0 Å². The van der Waals surface area contributed by atoms with Crippen LogP contribution < -0.4 is 0 Å². The van der Waals surface area contributed by atoms with Crippen molar-refractivity contribution < 1.29 is 0 Å². The van der Waals surface area contributed by atoms with Crippen molar-refractivity contribution in [1.82, 2.24) is 4.57 Å². The van der Waals surface area contributed by atoms with Crippen LogP contribution in [0.25, 0.3) is 21.8 Å². The average molecular weight is 364 g/mol. The zero-order valence-electron chi connectivity index (χ0n) is 18.5. The molecular formula is C26H37N. The number of hydrogen-bond donors (Lipinski definition) is 0. The second-order valence-corrected chi connectivity index (χ2v) is 5.25. The highest BCUT2D eigenvalue weighted by atomic mass is 14.9. The lowest BCUT2D eigenvalue weighted by Gasteiger charge is -1.95. The SMILES string of the molecule is CC.CC.CC.Cc1ccccc1.Cn1c2ccccc2c2ccccc21. The van der Waals surface area contributed by atoms with Gasteiger partial charge in [0.15, 0.2) is 0 Å². The summed E-state index contributed by atoms with van der Waals surface area (Å²) in [5.41, 5.74) is 3.92. The topological polar surface area (TPSA) is 4.93 Å². The summed E-state index contributed by atoms with van der Waals surface area (Å²) in [5, 5.41) is 2.68. The van der Waals surface area contributed by atoms with Gasteiger partial charge in [-0.2, -0.15) is 0 Å². The van der Waals surface area contributed by atoms with Crippen LogP contribution in [0.5, 0.6) is 0 Å². The van der Waals surface area contributed by atoms with E-state index in [2.05, 4.69) is 79.2 Å². The fraction of sp³-hybridized carbons (Fsp3) is 0.308. The van der Waals surface area contributed by atoms with Gasteiger partial charge in [0, 0.05) is 28.9 Å². The number of aryl methyl sites for hydroxylation is 2. The Bertz CT molecular complexity index is 804. The third kappa shape index (κ3) is 6.94. The second-order valence-electron chi connectivity index (χ2n) is 5.25. The molecule has 0 bridgehead atoms. The molecule has 146 valence electrons. The highest BCUT2D eigenvalue weighted by Gasteiger charge is 2.04. The number of fused-ring (bicyclic) bond motifs is 3. The van der Waals surface area contributed by atoms with Crippen molar-refractivity contribution in [2.45, 2.75) is 48.5 Å². The van der Waals surface area contributed by atoms with E-state index in [1.807, 2.05) is 59.7 Å². The predicted molar refractivity (Wildman–Crippen MR) is 126 cm³/mol. The minimum atomic E-state index is 1.30. The number of para-hydroxylation sites is 2. The highest BCUT2D eigenvalue weighted by molar-refractivity contribution is 6.07. The minimum absolute atomic E-state index is 1.30. The number of nitrogens with zero attached hydrogens (tertiary/aromatic N) is 1. The Kier molecular flexibility index (Phi) is 13.2. The fourth-order valence-corrected chi connectivity index (χ4v) is 2.65. The summed E-state index contributed by atoms with van der Waals surface area (Å²) < 4.78 is 2.24. The molecule has 0 saturated carbocycles. The monoisotopic (exact) mass is 363 g/mol. The number of rotatable bonds is 0. The lowest BCUT2D eigenvalue weighted by molar-refractivity contribution is 1.01. The van der Waals surface area contributed by atoms with E-state index in [4.69, 9.17) is 0 Å². The van der Waals surface area contributed by atoms with Crippen LogP contribution in [-0.4, -0.2) is 4.57 Å². The van der Waals surface area contributed by atoms with Gasteiger partial charge in [0.1, 0.15) is 0 Å². The molecule has 27 heavy (non-hydrogen) atoms. The van der Waals surface area contributed by atoms with Gasteiger partial charge in [-0.25, -0.2) is 0 Å². The fourth-order valence-electron chi connectivity index (χ4n) is 2.65. The molecule has 0 radical (unpaired) electrons. The molecule has 1 heteroatoms. The van der Waals surface area contributed by atoms with Crippen LogP contribution in [0, 0.1) is 6.92 Å². The average Bonchev–Trinajstić information content (AvgIpc) is 3.06. The van der Waals surface area contributed by atoms with E-state index in [0.29, 0.717) is 0 Å². The van der Waals surface area contributed by atoms with E-state index >= 15 is 0 Å². The van der Waals surface area contributed by atoms with E-state index < -0.39 is 0 Å². The first-order valence-electron chi connectivity index (χ1n) is 10.2. The summed E-state index contributed by atoms with van der Waals surface area (Å²) in [6.07, 6.45) is 0. The van der Waals surface area contributed by atoms with Crippen LogP contribution in [-0.2, 0) is 7.05 Å². The Hall–Kier alpha value is -2.54. The molecule has 0 aliphatic carbocycles. The molecule has 4 aromatic rings. The Labute approximate surface area is 166 Å². The summed E-state index contributed by atoms with van der Waals surface area (Å²) in [5.74, 6) is 0. The van der Waals surface area contributed by atoms with Gasteiger partial charge in [0.05, 0.1) is 0 Å². The van der Waals surface area contributed by atoms with E-state index in [0.717, 1.165) is 0 Å². The maximum atomic E-state index is 2.24. The van der Waals surface area contributed by atoms with Gasteiger partial charge in [0.25, 0.3) is 0 Å². The van der Waals surface area contributed by atoms with Crippen LogP contribution >= 0.6 is 0 Å². The smallest absolute Gasteiger partial charge is 0.0488 e. The molecule has 0 aliphatic heterocycles. The van der Waals surface area contributed by atoms with Crippen LogP contribution in [0.4, 0.5) is 0 Å². The van der Waals surface area contributed by atoms with E-state index in [1.165, 1.54) is 27.4 Å². The first-order chi connectivity index (χ1) is 13.3. The van der Waals surface area contributed by atoms with Gasteiger partial charge in [0.2, 0.25) is 0 Å². The Morgan fingerprint density at radius 2 is 0.815 bits per heavy atom. The van der Waals surface area contributed by atoms with Crippen molar-refractivity contribution in [1.29, 1.82) is 0 Å². The van der Waals surface area contributed by atoms with Crippen molar-refractivity contribution in [3.63, 3.8) is 0 Å². The molecule has 0 N–H and O–H groups in total. The largest absolute Gasteiger partial charge is 0.344 e. The zero-order valence-corrected chi connectivity index (χ0v) is 18.5. The van der Waals surface area contributed by atoms with Crippen LogP contribution in [0.3, 0.4) is 0 Å². The minimum Gasteiger partial charge on any atom is -0.344 e. The number of hydrogen-bond acceptors (Lipinski definition) is 0. The highest BCUT2D eigenvalue weighted by Crippen LogP contribution is 2.26. The molecule has 1 aromatic heterocycles. The molecule has 0 atom stereocenters.